The molecule has 0 saturated heterocycles. The van der Waals surface area contributed by atoms with E-state index in [2.05, 4.69) is 0 Å². The van der Waals surface area contributed by atoms with Crippen LogP contribution in [-0.4, -0.2) is 41.5 Å². The summed E-state index contributed by atoms with van der Waals surface area (Å²) in [5.41, 5.74) is 0.840. The van der Waals surface area contributed by atoms with Crippen molar-refractivity contribution in [1.82, 2.24) is 5.06 Å². The molecular formula is C14H20ClNO5. The van der Waals surface area contributed by atoms with Gasteiger partial charge in [0.15, 0.2) is 0 Å². The molecule has 0 amide bonds. The molecule has 0 aliphatic carbocycles. The molecule has 0 heterocycles. The van der Waals surface area contributed by atoms with Gasteiger partial charge in [-0.05, 0) is 19.4 Å². The van der Waals surface area contributed by atoms with Gasteiger partial charge in [-0.2, -0.15) is 0 Å². The highest BCUT2D eigenvalue weighted by Gasteiger charge is 2.27. The first-order chi connectivity index (χ1) is 9.40. The largest absolute Gasteiger partial charge is 0.528 e. The molecule has 0 unspecified atom stereocenters. The van der Waals surface area contributed by atoms with E-state index in [-0.39, 0.29) is 24.9 Å². The van der Waals surface area contributed by atoms with Crippen LogP contribution in [0.2, 0.25) is 0 Å². The number of rotatable bonds is 6. The number of benzene rings is 1. The van der Waals surface area contributed by atoms with E-state index < -0.39 is 18.2 Å². The van der Waals surface area contributed by atoms with Crippen molar-refractivity contribution in [3.8, 4) is 0 Å². The first kappa shape index (κ1) is 19.2. The monoisotopic (exact) mass is 317 g/mol. The van der Waals surface area contributed by atoms with Crippen molar-refractivity contribution in [2.24, 2.45) is 0 Å². The average molecular weight is 318 g/mol. The molecule has 1 atom stereocenters. The topological polar surface area (TPSA) is 76.1 Å². The minimum absolute atomic E-state index is 0. The van der Waals surface area contributed by atoms with Gasteiger partial charge < -0.3 is 14.7 Å². The van der Waals surface area contributed by atoms with Gasteiger partial charge in [-0.3, -0.25) is 4.79 Å². The van der Waals surface area contributed by atoms with Gasteiger partial charge >= 0.3 is 12.1 Å². The summed E-state index contributed by atoms with van der Waals surface area (Å²) in [6.07, 6.45) is -1.02. The number of nitrogens with zero attached hydrogens (tertiary/aromatic N) is 1. The number of hydrogen-bond donors (Lipinski definition) is 1. The molecule has 1 N–H and O–H groups in total. The van der Waals surface area contributed by atoms with Crippen LogP contribution in [0, 0.1) is 0 Å². The van der Waals surface area contributed by atoms with Crippen molar-refractivity contribution in [2.45, 2.75) is 32.4 Å². The highest BCUT2D eigenvalue weighted by molar-refractivity contribution is 5.85. The molecule has 1 aromatic rings. The van der Waals surface area contributed by atoms with E-state index in [1.54, 1.807) is 13.8 Å². The Kier molecular flexibility index (Phi) is 8.42. The van der Waals surface area contributed by atoms with Crippen LogP contribution in [-0.2, 0) is 20.8 Å². The molecule has 0 aliphatic rings. The number of likely N-dealkylation sites (N-methyl/N-ethyl adjacent to an activating group) is 1. The van der Waals surface area contributed by atoms with Gasteiger partial charge in [-0.25, -0.2) is 4.79 Å². The second-order valence-corrected chi connectivity index (χ2v) is 4.60. The van der Waals surface area contributed by atoms with Crippen molar-refractivity contribution in [1.29, 1.82) is 0 Å². The molecule has 6 nitrogen and oxygen atoms in total. The van der Waals surface area contributed by atoms with E-state index in [1.165, 1.54) is 7.05 Å². The number of carbonyl (C=O) groups excluding carboxylic acids is 1. The molecule has 118 valence electrons. The quantitative estimate of drug-likeness (QED) is 0.642. The van der Waals surface area contributed by atoms with Gasteiger partial charge in [-0.1, -0.05) is 30.3 Å². The van der Waals surface area contributed by atoms with Crippen LogP contribution < -0.4 is 0 Å². The van der Waals surface area contributed by atoms with E-state index in [4.69, 9.17) is 9.57 Å². The third-order valence-corrected chi connectivity index (χ3v) is 2.55. The molecule has 0 radical (unpaired) electrons. The average Bonchev–Trinajstić information content (AvgIpc) is 2.35. The maximum atomic E-state index is 11.4. The zero-order valence-electron chi connectivity index (χ0n) is 12.2. The van der Waals surface area contributed by atoms with Crippen molar-refractivity contribution in [3.05, 3.63) is 35.9 Å². The fourth-order valence-electron chi connectivity index (χ4n) is 1.60. The van der Waals surface area contributed by atoms with E-state index in [0.717, 1.165) is 10.6 Å². The van der Waals surface area contributed by atoms with Gasteiger partial charge in [0.25, 0.3) is 0 Å². The van der Waals surface area contributed by atoms with E-state index in [9.17, 15) is 14.7 Å². The second-order valence-electron chi connectivity index (χ2n) is 4.60. The molecule has 0 fully saturated rings. The Morgan fingerprint density at radius 3 is 2.29 bits per heavy atom. The van der Waals surface area contributed by atoms with E-state index >= 15 is 0 Å². The Morgan fingerprint density at radius 1 is 1.24 bits per heavy atom. The van der Waals surface area contributed by atoms with Gasteiger partial charge in [-0.15, -0.1) is 17.5 Å². The lowest BCUT2D eigenvalue weighted by Crippen LogP contribution is -2.41. The molecule has 0 saturated carbocycles. The van der Waals surface area contributed by atoms with Crippen LogP contribution in [0.4, 0.5) is 4.79 Å². The molecule has 7 heteroatoms. The lowest BCUT2D eigenvalue weighted by Gasteiger charge is -2.23. The highest BCUT2D eigenvalue weighted by Crippen LogP contribution is 2.09. The van der Waals surface area contributed by atoms with Crippen LogP contribution in [0.25, 0.3) is 0 Å². The zero-order chi connectivity index (χ0) is 15.1. The minimum Gasteiger partial charge on any atom is -0.480 e. The molecule has 0 bridgehead atoms. The molecule has 0 aromatic heterocycles. The molecule has 1 aromatic carbocycles. The van der Waals surface area contributed by atoms with Gasteiger partial charge in [0.05, 0.1) is 6.10 Å². The Hall–Kier alpha value is -1.79. The summed E-state index contributed by atoms with van der Waals surface area (Å²) in [7, 11) is 1.39. The normalized spacial score (nSPS) is 11.7. The fraction of sp³-hybridized carbons (Fsp3) is 0.429. The predicted molar refractivity (Wildman–Crippen MR) is 79.3 cm³/mol. The number of hydrogen-bond acceptors (Lipinski definition) is 5. The Morgan fingerprint density at radius 2 is 1.81 bits per heavy atom. The van der Waals surface area contributed by atoms with Crippen LogP contribution >= 0.6 is 12.4 Å². The maximum Gasteiger partial charge on any atom is 0.528 e. The van der Waals surface area contributed by atoms with Gasteiger partial charge in [0, 0.05) is 13.5 Å². The summed E-state index contributed by atoms with van der Waals surface area (Å²) in [6.45, 7) is 3.36. The van der Waals surface area contributed by atoms with Crippen molar-refractivity contribution in [2.75, 3.05) is 7.05 Å². The zero-order valence-corrected chi connectivity index (χ0v) is 13.0. The third-order valence-electron chi connectivity index (χ3n) is 2.55. The fourth-order valence-corrected chi connectivity index (χ4v) is 1.60. The second kappa shape index (κ2) is 9.20. The lowest BCUT2D eigenvalue weighted by atomic mass is 10.1. The Balaban J connectivity index is 0.00000400. The third kappa shape index (κ3) is 6.97. The summed E-state index contributed by atoms with van der Waals surface area (Å²) in [5.74, 6) is -1.08. The minimum atomic E-state index is -1.08. The maximum absolute atomic E-state index is 11.4. The van der Waals surface area contributed by atoms with Crippen LogP contribution in [0.15, 0.2) is 30.3 Å². The van der Waals surface area contributed by atoms with Crippen molar-refractivity contribution >= 4 is 24.5 Å². The summed E-state index contributed by atoms with van der Waals surface area (Å²) in [4.78, 5) is 27.5. The summed E-state index contributed by atoms with van der Waals surface area (Å²) in [5, 5.41) is 10.2. The standard InChI is InChI=1S/C14H19NO5.ClH/c1-10(2)19-14(18)20-15(3)12(13(16)17)9-11-7-5-4-6-8-11;/h4-8,10,12H,9H2,1-3H3,(H,16,17);1H/t12-;/m0./s1. The van der Waals surface area contributed by atoms with Crippen molar-refractivity contribution < 1.29 is 24.3 Å². The molecular weight excluding hydrogens is 298 g/mol. The number of hydroxylamine groups is 2. The molecule has 21 heavy (non-hydrogen) atoms. The predicted octanol–water partition coefficient (Wildman–Crippen LogP) is 2.51. The van der Waals surface area contributed by atoms with E-state index in [0.29, 0.717) is 0 Å². The Bertz CT molecular complexity index is 452. The van der Waals surface area contributed by atoms with Crippen LogP contribution in [0.1, 0.15) is 19.4 Å². The SMILES string of the molecule is CC(C)OC(=O)ON(C)[C@@H](Cc1ccccc1)C(=O)O.Cl. The first-order valence-electron chi connectivity index (χ1n) is 6.28. The number of carboxylic acids is 1. The van der Waals surface area contributed by atoms with Crippen LogP contribution in [0.5, 0.6) is 0 Å². The number of aliphatic carboxylic acids is 1. The number of ether oxygens (including phenoxy) is 1. The first-order valence-corrected chi connectivity index (χ1v) is 6.28. The number of carboxylic acid groups (broad SMARTS) is 1. The van der Waals surface area contributed by atoms with Crippen LogP contribution in [0.3, 0.4) is 0 Å². The molecule has 0 spiro atoms. The molecule has 1 rings (SSSR count). The van der Waals surface area contributed by atoms with Gasteiger partial charge in [0.1, 0.15) is 6.04 Å². The lowest BCUT2D eigenvalue weighted by molar-refractivity contribution is -0.171. The highest BCUT2D eigenvalue weighted by atomic mass is 35.5. The number of carbonyl (C=O) groups is 2. The number of halogens is 1. The Labute approximate surface area is 130 Å². The smallest absolute Gasteiger partial charge is 0.480 e. The van der Waals surface area contributed by atoms with Crippen molar-refractivity contribution in [3.63, 3.8) is 0 Å². The summed E-state index contributed by atoms with van der Waals surface area (Å²) >= 11 is 0. The molecule has 0 aliphatic heterocycles. The summed E-state index contributed by atoms with van der Waals surface area (Å²) in [6, 6.07) is 8.15. The summed E-state index contributed by atoms with van der Waals surface area (Å²) < 4.78 is 4.81. The van der Waals surface area contributed by atoms with E-state index in [1.807, 2.05) is 30.3 Å². The van der Waals surface area contributed by atoms with Gasteiger partial charge in [0.2, 0.25) is 0 Å².